The zero-order valence-electron chi connectivity index (χ0n) is 10.9. The van der Waals surface area contributed by atoms with Crippen molar-refractivity contribution < 1.29 is 4.92 Å². The Kier molecular flexibility index (Phi) is 4.58. The lowest BCUT2D eigenvalue weighted by molar-refractivity contribution is -0.384. The molecule has 0 heterocycles. The molecule has 5 heteroatoms. The summed E-state index contributed by atoms with van der Waals surface area (Å²) in [6.07, 6.45) is 7.75. The maximum atomic E-state index is 10.7. The summed E-state index contributed by atoms with van der Waals surface area (Å²) in [4.78, 5) is 10.3. The first-order valence-electron chi connectivity index (χ1n) is 6.72. The van der Waals surface area contributed by atoms with Gasteiger partial charge < -0.3 is 5.73 Å². The van der Waals surface area contributed by atoms with Crippen LogP contribution in [0.5, 0.6) is 0 Å². The molecule has 1 aliphatic carbocycles. The molecule has 4 nitrogen and oxygen atoms in total. The van der Waals surface area contributed by atoms with Crippen molar-refractivity contribution in [2.24, 2.45) is 5.73 Å². The largest absolute Gasteiger partial charge is 0.325 e. The van der Waals surface area contributed by atoms with Crippen molar-refractivity contribution in [3.8, 4) is 0 Å². The van der Waals surface area contributed by atoms with Gasteiger partial charge in [-0.25, -0.2) is 0 Å². The third-order valence-corrected chi connectivity index (χ3v) is 4.63. The second kappa shape index (κ2) is 6.01. The van der Waals surface area contributed by atoms with E-state index in [1.54, 1.807) is 12.1 Å². The fourth-order valence-electron chi connectivity index (χ4n) is 2.78. The first-order chi connectivity index (χ1) is 9.00. The number of nitrogens with zero attached hydrogens (tertiary/aromatic N) is 1. The van der Waals surface area contributed by atoms with Crippen molar-refractivity contribution in [1.82, 2.24) is 0 Å². The number of rotatable bonds is 3. The van der Waals surface area contributed by atoms with Crippen molar-refractivity contribution in [1.29, 1.82) is 0 Å². The van der Waals surface area contributed by atoms with Gasteiger partial charge in [0.15, 0.2) is 0 Å². The number of non-ortho nitro benzene ring substituents is 1. The number of nitro benzene ring substituents is 1. The van der Waals surface area contributed by atoms with E-state index in [1.807, 2.05) is 6.07 Å². The molecular weight excluding hydrogens is 308 g/mol. The molecule has 0 saturated heterocycles. The molecule has 19 heavy (non-hydrogen) atoms. The van der Waals surface area contributed by atoms with E-state index in [-0.39, 0.29) is 16.1 Å². The molecule has 0 bridgehead atoms. The number of nitrogens with two attached hydrogens (primary N) is 1. The molecule has 104 valence electrons. The third-order valence-electron chi connectivity index (χ3n) is 3.89. The summed E-state index contributed by atoms with van der Waals surface area (Å²) in [7, 11) is 0. The molecule has 2 N–H and O–H groups in total. The number of nitro groups is 1. The topological polar surface area (TPSA) is 69.2 Å². The van der Waals surface area contributed by atoms with Gasteiger partial charge in [0.25, 0.3) is 5.69 Å². The first-order valence-corrected chi connectivity index (χ1v) is 7.51. The molecular formula is C14H19BrN2O2. The first kappa shape index (κ1) is 14.5. The van der Waals surface area contributed by atoms with E-state index >= 15 is 0 Å². The van der Waals surface area contributed by atoms with Crippen molar-refractivity contribution in [3.05, 3.63) is 38.3 Å². The minimum atomic E-state index is -0.377. The molecule has 0 unspecified atom stereocenters. The molecule has 0 aromatic heterocycles. The molecule has 1 aliphatic rings. The Hall–Kier alpha value is -0.940. The van der Waals surface area contributed by atoms with Crippen LogP contribution in [0, 0.1) is 10.1 Å². The van der Waals surface area contributed by atoms with Gasteiger partial charge in [0.1, 0.15) is 0 Å². The quantitative estimate of drug-likeness (QED) is 0.519. The highest BCUT2D eigenvalue weighted by Crippen LogP contribution is 2.31. The summed E-state index contributed by atoms with van der Waals surface area (Å²) in [6, 6.07) is 4.94. The minimum Gasteiger partial charge on any atom is -0.325 e. The molecule has 1 aromatic carbocycles. The second-order valence-corrected chi connectivity index (χ2v) is 6.34. The average Bonchev–Trinajstić information content (AvgIpc) is 2.57. The van der Waals surface area contributed by atoms with Gasteiger partial charge >= 0.3 is 0 Å². The summed E-state index contributed by atoms with van der Waals surface area (Å²) in [5, 5.41) is 10.7. The van der Waals surface area contributed by atoms with E-state index in [1.165, 1.54) is 25.7 Å². The molecule has 0 amide bonds. The van der Waals surface area contributed by atoms with Crippen molar-refractivity contribution in [2.75, 3.05) is 0 Å². The van der Waals surface area contributed by atoms with E-state index in [4.69, 9.17) is 5.73 Å². The Labute approximate surface area is 121 Å². The fraction of sp³-hybridized carbons (Fsp3) is 0.571. The fourth-order valence-corrected chi connectivity index (χ4v) is 3.29. The van der Waals surface area contributed by atoms with Gasteiger partial charge in [-0.15, -0.1) is 0 Å². The van der Waals surface area contributed by atoms with Crippen LogP contribution in [-0.4, -0.2) is 10.5 Å². The van der Waals surface area contributed by atoms with Crippen molar-refractivity contribution in [3.63, 3.8) is 0 Å². The zero-order valence-corrected chi connectivity index (χ0v) is 12.5. The highest BCUT2D eigenvalue weighted by Gasteiger charge is 2.27. The normalized spacial score (nSPS) is 18.8. The summed E-state index contributed by atoms with van der Waals surface area (Å²) in [5.41, 5.74) is 7.52. The molecule has 0 aliphatic heterocycles. The number of hydrogen-bond donors (Lipinski definition) is 1. The SMILES string of the molecule is NC1(Cc2ccc([N+](=O)[O-])cc2Br)CCCCCC1. The van der Waals surface area contributed by atoms with Crippen LogP contribution in [-0.2, 0) is 6.42 Å². The maximum Gasteiger partial charge on any atom is 0.270 e. The van der Waals surface area contributed by atoms with Crippen LogP contribution in [0.3, 0.4) is 0 Å². The van der Waals surface area contributed by atoms with Crippen LogP contribution in [0.1, 0.15) is 44.1 Å². The van der Waals surface area contributed by atoms with Crippen LogP contribution < -0.4 is 5.73 Å². The van der Waals surface area contributed by atoms with Crippen molar-refractivity contribution >= 4 is 21.6 Å². The Morgan fingerprint density at radius 1 is 1.26 bits per heavy atom. The second-order valence-electron chi connectivity index (χ2n) is 5.49. The Morgan fingerprint density at radius 3 is 2.42 bits per heavy atom. The Balaban J connectivity index is 2.16. The standard InChI is InChI=1S/C14H19BrN2O2/c15-13-9-12(17(18)19)6-5-11(13)10-14(16)7-3-1-2-4-8-14/h5-6,9H,1-4,7-8,10,16H2. The van der Waals surface area contributed by atoms with Gasteiger partial charge in [-0.3, -0.25) is 10.1 Å². The summed E-state index contributed by atoms with van der Waals surface area (Å²) in [6.45, 7) is 0. The summed E-state index contributed by atoms with van der Waals surface area (Å²) < 4.78 is 0.788. The molecule has 1 aromatic rings. The Bertz CT molecular complexity index is 469. The number of hydrogen-bond acceptors (Lipinski definition) is 3. The van der Waals surface area contributed by atoms with Gasteiger partial charge in [-0.1, -0.05) is 47.7 Å². The lowest BCUT2D eigenvalue weighted by Gasteiger charge is -2.28. The van der Waals surface area contributed by atoms with Crippen LogP contribution in [0.4, 0.5) is 5.69 Å². The van der Waals surface area contributed by atoms with Crippen LogP contribution in [0.2, 0.25) is 0 Å². The molecule has 2 rings (SSSR count). The number of halogens is 1. The smallest absolute Gasteiger partial charge is 0.270 e. The lowest BCUT2D eigenvalue weighted by atomic mass is 9.85. The summed E-state index contributed by atoms with van der Waals surface area (Å²) in [5.74, 6) is 0. The van der Waals surface area contributed by atoms with Crippen LogP contribution >= 0.6 is 15.9 Å². The van der Waals surface area contributed by atoms with Gasteiger partial charge in [-0.2, -0.15) is 0 Å². The molecule has 0 radical (unpaired) electrons. The monoisotopic (exact) mass is 326 g/mol. The van der Waals surface area contributed by atoms with Gasteiger partial charge in [0, 0.05) is 22.1 Å². The highest BCUT2D eigenvalue weighted by atomic mass is 79.9. The minimum absolute atomic E-state index is 0.113. The van der Waals surface area contributed by atoms with E-state index in [9.17, 15) is 10.1 Å². The summed E-state index contributed by atoms with van der Waals surface area (Å²) >= 11 is 3.43. The maximum absolute atomic E-state index is 10.7. The molecule has 1 saturated carbocycles. The van der Waals surface area contributed by atoms with Gasteiger partial charge in [-0.05, 0) is 24.8 Å². The predicted molar refractivity (Wildman–Crippen MR) is 79.1 cm³/mol. The van der Waals surface area contributed by atoms with Crippen LogP contribution in [0.15, 0.2) is 22.7 Å². The van der Waals surface area contributed by atoms with Crippen LogP contribution in [0.25, 0.3) is 0 Å². The van der Waals surface area contributed by atoms with Gasteiger partial charge in [0.05, 0.1) is 4.92 Å². The van der Waals surface area contributed by atoms with Crippen molar-refractivity contribution in [2.45, 2.75) is 50.5 Å². The predicted octanol–water partition coefficient (Wildman–Crippen LogP) is 3.95. The molecule has 0 atom stereocenters. The van der Waals surface area contributed by atoms with E-state index in [0.29, 0.717) is 0 Å². The zero-order chi connectivity index (χ0) is 13.9. The lowest BCUT2D eigenvalue weighted by Crippen LogP contribution is -2.41. The highest BCUT2D eigenvalue weighted by molar-refractivity contribution is 9.10. The molecule has 1 fully saturated rings. The number of benzene rings is 1. The van der Waals surface area contributed by atoms with Gasteiger partial charge in [0.2, 0.25) is 0 Å². The molecule has 0 spiro atoms. The average molecular weight is 327 g/mol. The third kappa shape index (κ3) is 3.76. The van der Waals surface area contributed by atoms with E-state index in [0.717, 1.165) is 29.3 Å². The van der Waals surface area contributed by atoms with E-state index < -0.39 is 0 Å². The Morgan fingerprint density at radius 2 is 1.89 bits per heavy atom. The van der Waals surface area contributed by atoms with E-state index in [2.05, 4.69) is 15.9 Å².